The first kappa shape index (κ1) is 22.0. The first-order chi connectivity index (χ1) is 13.6. The molecule has 0 unspecified atom stereocenters. The fourth-order valence-electron chi connectivity index (χ4n) is 3.35. The van der Waals surface area contributed by atoms with Gasteiger partial charge in [-0.1, -0.05) is 12.1 Å². The lowest BCUT2D eigenvalue weighted by Gasteiger charge is -2.30. The number of guanidine groups is 1. The molecule has 1 aliphatic rings. The lowest BCUT2D eigenvalue weighted by Crippen LogP contribution is -2.39. The van der Waals surface area contributed by atoms with Crippen molar-refractivity contribution in [1.29, 1.82) is 0 Å². The Bertz CT molecular complexity index is 610. The van der Waals surface area contributed by atoms with Gasteiger partial charge in [0.1, 0.15) is 5.75 Å². The normalized spacial score (nSPS) is 16.0. The predicted molar refractivity (Wildman–Crippen MR) is 113 cm³/mol. The minimum Gasteiger partial charge on any atom is -0.497 e. The number of carbonyl (C=O) groups excluding carboxylic acids is 1. The van der Waals surface area contributed by atoms with Crippen molar-refractivity contribution >= 4 is 11.9 Å². The van der Waals surface area contributed by atoms with Gasteiger partial charge in [-0.05, 0) is 69.9 Å². The van der Waals surface area contributed by atoms with Crippen molar-refractivity contribution < 1.29 is 9.53 Å². The number of hydrogen-bond donors (Lipinski definition) is 3. The second-order valence-electron chi connectivity index (χ2n) is 7.20. The van der Waals surface area contributed by atoms with Crippen LogP contribution >= 0.6 is 0 Å². The Kier molecular flexibility index (Phi) is 9.62. The zero-order valence-electron chi connectivity index (χ0n) is 17.2. The van der Waals surface area contributed by atoms with Crippen LogP contribution in [0.5, 0.6) is 5.75 Å². The van der Waals surface area contributed by atoms with E-state index in [1.165, 1.54) is 0 Å². The Hall–Kier alpha value is -2.28. The van der Waals surface area contributed by atoms with E-state index in [2.05, 4.69) is 27.4 Å². The number of unbranched alkanes of at least 4 members (excludes halogenated alkanes) is 1. The van der Waals surface area contributed by atoms with Gasteiger partial charge in [0.15, 0.2) is 5.96 Å². The van der Waals surface area contributed by atoms with Crippen molar-refractivity contribution in [3.8, 4) is 5.75 Å². The number of nitrogens with two attached hydrogens (primary N) is 1. The summed E-state index contributed by atoms with van der Waals surface area (Å²) in [4.78, 5) is 18.3. The van der Waals surface area contributed by atoms with E-state index >= 15 is 0 Å². The van der Waals surface area contributed by atoms with Crippen LogP contribution in [0.25, 0.3) is 0 Å². The van der Waals surface area contributed by atoms with E-state index < -0.39 is 0 Å². The number of carbonyl (C=O) groups is 1. The number of aliphatic imine (C=N–C) groups is 1. The molecule has 1 aliphatic heterocycles. The first-order valence-electron chi connectivity index (χ1n) is 10.3. The number of hydrogen-bond acceptors (Lipinski definition) is 4. The average Bonchev–Trinajstić information content (AvgIpc) is 2.72. The van der Waals surface area contributed by atoms with Crippen molar-refractivity contribution in [3.05, 3.63) is 29.8 Å². The molecule has 0 spiro atoms. The molecule has 0 atom stereocenters. The van der Waals surface area contributed by atoms with Crippen molar-refractivity contribution in [2.45, 2.75) is 39.2 Å². The van der Waals surface area contributed by atoms with Crippen LogP contribution in [0.2, 0.25) is 0 Å². The number of amides is 1. The second kappa shape index (κ2) is 12.2. The van der Waals surface area contributed by atoms with E-state index in [1.807, 2.05) is 24.3 Å². The number of ether oxygens (including phenoxy) is 1. The molecule has 156 valence electrons. The number of primary amides is 1. The number of benzene rings is 1. The lowest BCUT2D eigenvalue weighted by molar-refractivity contribution is -0.123. The average molecular weight is 390 g/mol. The number of nitrogens with one attached hydrogen (secondary N) is 2. The fourth-order valence-corrected chi connectivity index (χ4v) is 3.35. The molecule has 7 heteroatoms. The van der Waals surface area contributed by atoms with Crippen LogP contribution in [0.1, 0.15) is 38.2 Å². The molecule has 4 N–H and O–H groups in total. The Balaban J connectivity index is 1.65. The molecule has 1 saturated heterocycles. The van der Waals surface area contributed by atoms with Crippen LogP contribution in [0, 0.1) is 5.92 Å². The van der Waals surface area contributed by atoms with Crippen LogP contribution in [-0.2, 0) is 11.3 Å². The fraction of sp³-hybridized carbons (Fsp3) is 0.619. The molecule has 7 nitrogen and oxygen atoms in total. The Morgan fingerprint density at radius 1 is 1.21 bits per heavy atom. The van der Waals surface area contributed by atoms with Gasteiger partial charge < -0.3 is 26.0 Å². The van der Waals surface area contributed by atoms with E-state index in [9.17, 15) is 4.79 Å². The summed E-state index contributed by atoms with van der Waals surface area (Å²) in [7, 11) is 1.67. The molecule has 2 rings (SSSR count). The second-order valence-corrected chi connectivity index (χ2v) is 7.20. The third kappa shape index (κ3) is 7.76. The van der Waals surface area contributed by atoms with Crippen LogP contribution < -0.4 is 21.1 Å². The molecular formula is C21H35N5O2. The highest BCUT2D eigenvalue weighted by atomic mass is 16.5. The first-order valence-corrected chi connectivity index (χ1v) is 10.3. The zero-order valence-corrected chi connectivity index (χ0v) is 17.2. The molecular weight excluding hydrogens is 354 g/mol. The number of nitrogens with zero attached hydrogens (tertiary/aromatic N) is 2. The zero-order chi connectivity index (χ0) is 20.2. The molecule has 1 aromatic carbocycles. The van der Waals surface area contributed by atoms with Crippen molar-refractivity contribution in [1.82, 2.24) is 15.5 Å². The van der Waals surface area contributed by atoms with E-state index in [0.717, 1.165) is 75.7 Å². The van der Waals surface area contributed by atoms with Crippen molar-refractivity contribution in [2.75, 3.05) is 39.8 Å². The largest absolute Gasteiger partial charge is 0.497 e. The van der Waals surface area contributed by atoms with Crippen LogP contribution in [-0.4, -0.2) is 56.6 Å². The summed E-state index contributed by atoms with van der Waals surface area (Å²) < 4.78 is 5.18. The van der Waals surface area contributed by atoms with Crippen molar-refractivity contribution in [2.24, 2.45) is 16.6 Å². The molecule has 1 aromatic rings. The summed E-state index contributed by atoms with van der Waals surface area (Å²) in [6.45, 7) is 7.47. The Morgan fingerprint density at radius 3 is 2.54 bits per heavy atom. The van der Waals surface area contributed by atoms with Gasteiger partial charge in [-0.25, -0.2) is 4.99 Å². The highest BCUT2D eigenvalue weighted by Gasteiger charge is 2.22. The van der Waals surface area contributed by atoms with E-state index in [1.54, 1.807) is 7.11 Å². The smallest absolute Gasteiger partial charge is 0.220 e. The highest BCUT2D eigenvalue weighted by molar-refractivity contribution is 5.79. The molecule has 0 saturated carbocycles. The number of rotatable bonds is 10. The van der Waals surface area contributed by atoms with E-state index in [0.29, 0.717) is 6.54 Å². The summed E-state index contributed by atoms with van der Waals surface area (Å²) in [6.07, 6.45) is 4.02. The lowest BCUT2D eigenvalue weighted by atomic mass is 9.96. The maximum absolute atomic E-state index is 11.2. The van der Waals surface area contributed by atoms with Gasteiger partial charge in [0.2, 0.25) is 5.91 Å². The molecule has 0 aliphatic carbocycles. The SMILES string of the molecule is CCNC(=NCc1ccc(OC)cc1)NCCCCN1CCC(C(N)=O)CC1. The van der Waals surface area contributed by atoms with E-state index in [-0.39, 0.29) is 11.8 Å². The quantitative estimate of drug-likeness (QED) is 0.322. The Morgan fingerprint density at radius 2 is 1.93 bits per heavy atom. The maximum atomic E-state index is 11.2. The Labute approximate surface area is 168 Å². The number of piperidine rings is 1. The topological polar surface area (TPSA) is 92.0 Å². The summed E-state index contributed by atoms with van der Waals surface area (Å²) in [6, 6.07) is 7.98. The molecule has 0 radical (unpaired) electrons. The third-order valence-electron chi connectivity index (χ3n) is 5.11. The predicted octanol–water partition coefficient (Wildman–Crippen LogP) is 1.73. The summed E-state index contributed by atoms with van der Waals surface area (Å²) in [5.74, 6) is 1.63. The third-order valence-corrected chi connectivity index (χ3v) is 5.11. The summed E-state index contributed by atoms with van der Waals surface area (Å²) in [5, 5.41) is 6.70. The van der Waals surface area contributed by atoms with Gasteiger partial charge in [-0.3, -0.25) is 4.79 Å². The van der Waals surface area contributed by atoms with Crippen molar-refractivity contribution in [3.63, 3.8) is 0 Å². The minimum absolute atomic E-state index is 0.0718. The monoisotopic (exact) mass is 389 g/mol. The standard InChI is InChI=1S/C21H35N5O2/c1-3-23-21(25-16-17-6-8-19(28-2)9-7-17)24-12-4-5-13-26-14-10-18(11-15-26)20(22)27/h6-9,18H,3-5,10-16H2,1-2H3,(H2,22,27)(H2,23,24,25). The number of likely N-dealkylation sites (tertiary alicyclic amines) is 1. The molecule has 1 heterocycles. The van der Waals surface area contributed by atoms with Gasteiger partial charge in [0.05, 0.1) is 13.7 Å². The van der Waals surface area contributed by atoms with Crippen LogP contribution in [0.3, 0.4) is 0 Å². The molecule has 1 amide bonds. The van der Waals surface area contributed by atoms with Gasteiger partial charge in [0, 0.05) is 19.0 Å². The number of methoxy groups -OCH3 is 1. The maximum Gasteiger partial charge on any atom is 0.220 e. The van der Waals surface area contributed by atoms with Gasteiger partial charge in [-0.15, -0.1) is 0 Å². The van der Waals surface area contributed by atoms with Gasteiger partial charge in [-0.2, -0.15) is 0 Å². The van der Waals surface area contributed by atoms with Gasteiger partial charge >= 0.3 is 0 Å². The van der Waals surface area contributed by atoms with E-state index in [4.69, 9.17) is 10.5 Å². The summed E-state index contributed by atoms with van der Waals surface area (Å²) in [5.41, 5.74) is 6.54. The summed E-state index contributed by atoms with van der Waals surface area (Å²) >= 11 is 0. The molecule has 28 heavy (non-hydrogen) atoms. The van der Waals surface area contributed by atoms with Crippen LogP contribution in [0.15, 0.2) is 29.3 Å². The molecule has 1 fully saturated rings. The molecule has 0 aromatic heterocycles. The van der Waals surface area contributed by atoms with Crippen LogP contribution in [0.4, 0.5) is 0 Å². The minimum atomic E-state index is -0.145. The molecule has 0 bridgehead atoms. The van der Waals surface area contributed by atoms with Gasteiger partial charge in [0.25, 0.3) is 0 Å². The highest BCUT2D eigenvalue weighted by Crippen LogP contribution is 2.16.